The summed E-state index contributed by atoms with van der Waals surface area (Å²) in [5.41, 5.74) is 13.1. The first-order valence-corrected chi connectivity index (χ1v) is 7.86. The number of rotatable bonds is 5. The van der Waals surface area contributed by atoms with Crippen LogP contribution in [0, 0.1) is 0 Å². The molecule has 0 aliphatic heterocycles. The average molecular weight is 296 g/mol. The number of hydrogen-bond acceptors (Lipinski definition) is 7. The van der Waals surface area contributed by atoms with Crippen molar-refractivity contribution in [2.45, 2.75) is 13.5 Å². The third-order valence-corrected chi connectivity index (χ3v) is 4.51. The molecule has 20 heavy (non-hydrogen) atoms. The van der Waals surface area contributed by atoms with Gasteiger partial charge in [-0.15, -0.1) is 5.10 Å². The van der Waals surface area contributed by atoms with Gasteiger partial charge in [-0.1, -0.05) is 6.92 Å². The highest BCUT2D eigenvalue weighted by atomic mass is 32.2. The summed E-state index contributed by atoms with van der Waals surface area (Å²) < 4.78 is 24.5. The quantitative estimate of drug-likeness (QED) is 0.739. The standard InChI is InChI=1S/C11H16N6O2S/c1-2-20(18,19)4-3-17-11(14-15-16-17)8-5-9(12)7-10(13)6-8/h5-7H,2-4,12-13H2,1H3. The minimum atomic E-state index is -3.08. The monoisotopic (exact) mass is 296 g/mol. The molecular formula is C11H16N6O2S. The zero-order chi connectivity index (χ0) is 14.8. The molecule has 4 N–H and O–H groups in total. The van der Waals surface area contributed by atoms with Crippen LogP contribution in [0.5, 0.6) is 0 Å². The van der Waals surface area contributed by atoms with Gasteiger partial charge in [0, 0.05) is 22.7 Å². The lowest BCUT2D eigenvalue weighted by Crippen LogP contribution is -2.16. The summed E-state index contributed by atoms with van der Waals surface area (Å²) in [5, 5.41) is 11.3. The Balaban J connectivity index is 2.29. The van der Waals surface area contributed by atoms with Gasteiger partial charge in [0.25, 0.3) is 0 Å². The summed E-state index contributed by atoms with van der Waals surface area (Å²) >= 11 is 0. The minimum Gasteiger partial charge on any atom is -0.399 e. The van der Waals surface area contributed by atoms with E-state index in [9.17, 15) is 8.42 Å². The van der Waals surface area contributed by atoms with Crippen LogP contribution in [0.15, 0.2) is 18.2 Å². The highest BCUT2D eigenvalue weighted by molar-refractivity contribution is 7.91. The summed E-state index contributed by atoms with van der Waals surface area (Å²) in [6.45, 7) is 1.79. The average Bonchev–Trinajstić information content (AvgIpc) is 2.84. The van der Waals surface area contributed by atoms with Crippen molar-refractivity contribution in [3.05, 3.63) is 18.2 Å². The third kappa shape index (κ3) is 3.23. The minimum absolute atomic E-state index is 0.0145. The van der Waals surface area contributed by atoms with E-state index in [0.717, 1.165) is 0 Å². The van der Waals surface area contributed by atoms with Crippen LogP contribution in [-0.4, -0.2) is 40.1 Å². The summed E-state index contributed by atoms with van der Waals surface area (Å²) in [6.07, 6.45) is 0. The number of nitrogen functional groups attached to an aromatic ring is 2. The van der Waals surface area contributed by atoms with Crippen LogP contribution in [0.2, 0.25) is 0 Å². The molecule has 0 aliphatic rings. The molecule has 9 heteroatoms. The Morgan fingerprint density at radius 2 is 1.85 bits per heavy atom. The molecule has 2 aromatic rings. The molecular weight excluding hydrogens is 280 g/mol. The van der Waals surface area contributed by atoms with Gasteiger partial charge in [-0.05, 0) is 28.6 Å². The van der Waals surface area contributed by atoms with Crippen LogP contribution in [-0.2, 0) is 16.4 Å². The Morgan fingerprint density at radius 3 is 2.45 bits per heavy atom. The second-order valence-corrected chi connectivity index (χ2v) is 6.82. The van der Waals surface area contributed by atoms with Crippen LogP contribution in [0.4, 0.5) is 11.4 Å². The molecule has 0 radical (unpaired) electrons. The van der Waals surface area contributed by atoms with Gasteiger partial charge >= 0.3 is 0 Å². The predicted molar refractivity (Wildman–Crippen MR) is 76.4 cm³/mol. The van der Waals surface area contributed by atoms with Crippen molar-refractivity contribution in [2.75, 3.05) is 23.0 Å². The maximum Gasteiger partial charge on any atom is 0.182 e. The van der Waals surface area contributed by atoms with E-state index in [1.54, 1.807) is 25.1 Å². The van der Waals surface area contributed by atoms with Crippen molar-refractivity contribution in [3.63, 3.8) is 0 Å². The van der Waals surface area contributed by atoms with E-state index in [1.807, 2.05) is 0 Å². The van der Waals surface area contributed by atoms with Crippen molar-refractivity contribution in [3.8, 4) is 11.4 Å². The van der Waals surface area contributed by atoms with Crippen LogP contribution < -0.4 is 11.5 Å². The molecule has 8 nitrogen and oxygen atoms in total. The molecule has 0 amide bonds. The van der Waals surface area contributed by atoms with E-state index in [-0.39, 0.29) is 18.1 Å². The smallest absolute Gasteiger partial charge is 0.182 e. The molecule has 0 spiro atoms. The zero-order valence-corrected chi connectivity index (χ0v) is 11.8. The maximum atomic E-state index is 11.5. The molecule has 1 heterocycles. The fourth-order valence-corrected chi connectivity index (χ4v) is 2.48. The fourth-order valence-electron chi connectivity index (χ4n) is 1.74. The number of nitrogens with zero attached hydrogens (tertiary/aromatic N) is 4. The Morgan fingerprint density at radius 1 is 1.20 bits per heavy atom. The SMILES string of the molecule is CCS(=O)(=O)CCn1nnnc1-c1cc(N)cc(N)c1. The number of anilines is 2. The molecule has 0 bridgehead atoms. The van der Waals surface area contributed by atoms with E-state index in [2.05, 4.69) is 15.5 Å². The van der Waals surface area contributed by atoms with E-state index in [0.29, 0.717) is 22.8 Å². The summed E-state index contributed by atoms with van der Waals surface area (Å²) in [7, 11) is -3.08. The predicted octanol–water partition coefficient (Wildman–Crippen LogP) is -0.0608. The third-order valence-electron chi connectivity index (χ3n) is 2.82. The molecule has 0 unspecified atom stereocenters. The number of aryl methyl sites for hydroxylation is 1. The summed E-state index contributed by atoms with van der Waals surface area (Å²) in [5.74, 6) is 0.518. The fraction of sp³-hybridized carbons (Fsp3) is 0.364. The lowest BCUT2D eigenvalue weighted by atomic mass is 10.1. The first-order chi connectivity index (χ1) is 9.41. The van der Waals surface area contributed by atoms with E-state index in [1.165, 1.54) is 4.68 Å². The normalized spacial score (nSPS) is 11.7. The lowest BCUT2D eigenvalue weighted by molar-refractivity contribution is 0.577. The Labute approximate surface area is 116 Å². The topological polar surface area (TPSA) is 130 Å². The first-order valence-electron chi connectivity index (χ1n) is 6.04. The second kappa shape index (κ2) is 5.45. The first kappa shape index (κ1) is 14.3. The van der Waals surface area contributed by atoms with Crippen LogP contribution in [0.3, 0.4) is 0 Å². The van der Waals surface area contributed by atoms with Gasteiger partial charge in [0.05, 0.1) is 12.3 Å². The molecule has 0 atom stereocenters. The summed E-state index contributed by atoms with van der Waals surface area (Å²) in [4.78, 5) is 0. The van der Waals surface area contributed by atoms with E-state index < -0.39 is 9.84 Å². The van der Waals surface area contributed by atoms with Gasteiger partial charge in [-0.2, -0.15) is 0 Å². The van der Waals surface area contributed by atoms with Gasteiger partial charge < -0.3 is 11.5 Å². The van der Waals surface area contributed by atoms with Gasteiger partial charge in [-0.3, -0.25) is 0 Å². The van der Waals surface area contributed by atoms with Gasteiger partial charge in [0.1, 0.15) is 0 Å². The Kier molecular flexibility index (Phi) is 3.89. The largest absolute Gasteiger partial charge is 0.399 e. The molecule has 1 aromatic carbocycles. The number of nitrogens with two attached hydrogens (primary N) is 2. The highest BCUT2D eigenvalue weighted by Crippen LogP contribution is 2.22. The molecule has 0 aliphatic carbocycles. The number of benzene rings is 1. The Bertz CT molecular complexity index is 689. The molecule has 0 fully saturated rings. The van der Waals surface area contributed by atoms with Gasteiger partial charge in [-0.25, -0.2) is 13.1 Å². The number of tetrazole rings is 1. The number of aromatic nitrogens is 4. The number of sulfone groups is 1. The Hall–Kier alpha value is -2.16. The maximum absolute atomic E-state index is 11.5. The number of hydrogen-bond donors (Lipinski definition) is 2. The van der Waals surface area contributed by atoms with Crippen LogP contribution >= 0.6 is 0 Å². The molecule has 2 rings (SSSR count). The van der Waals surface area contributed by atoms with Gasteiger partial charge in [0.2, 0.25) is 0 Å². The molecule has 108 valence electrons. The van der Waals surface area contributed by atoms with Gasteiger partial charge in [0.15, 0.2) is 15.7 Å². The second-order valence-electron chi connectivity index (χ2n) is 4.35. The molecule has 0 saturated heterocycles. The zero-order valence-electron chi connectivity index (χ0n) is 11.0. The van der Waals surface area contributed by atoms with E-state index in [4.69, 9.17) is 11.5 Å². The molecule has 1 aromatic heterocycles. The van der Waals surface area contributed by atoms with E-state index >= 15 is 0 Å². The van der Waals surface area contributed by atoms with Crippen LogP contribution in [0.25, 0.3) is 11.4 Å². The lowest BCUT2D eigenvalue weighted by Gasteiger charge is -2.06. The summed E-state index contributed by atoms with van der Waals surface area (Å²) in [6, 6.07) is 5.00. The van der Waals surface area contributed by atoms with Crippen molar-refractivity contribution < 1.29 is 8.42 Å². The van der Waals surface area contributed by atoms with Crippen molar-refractivity contribution in [2.24, 2.45) is 0 Å². The van der Waals surface area contributed by atoms with Crippen LogP contribution in [0.1, 0.15) is 6.92 Å². The van der Waals surface area contributed by atoms with Crippen molar-refractivity contribution >= 4 is 21.2 Å². The highest BCUT2D eigenvalue weighted by Gasteiger charge is 2.13. The van der Waals surface area contributed by atoms with Crippen molar-refractivity contribution in [1.29, 1.82) is 0 Å². The molecule has 0 saturated carbocycles. The van der Waals surface area contributed by atoms with Crippen molar-refractivity contribution in [1.82, 2.24) is 20.2 Å².